The smallest absolute Gasteiger partial charge is 0.144 e. The Hall–Kier alpha value is -0.713. The lowest BCUT2D eigenvalue weighted by Gasteiger charge is -2.22. The third-order valence-electron chi connectivity index (χ3n) is 4.25. The maximum atomic E-state index is 13.9. The SMILES string of the molecule is CC(C)(C)[S@+]([O-])/N=C/C1=CN(COCC[Si](C)(C)C)NC1c1cc(F)ccc1Br. The van der Waals surface area contributed by atoms with Gasteiger partial charge in [-0.1, -0.05) is 40.0 Å². The summed E-state index contributed by atoms with van der Waals surface area (Å²) >= 11 is 2.13. The van der Waals surface area contributed by atoms with Crippen LogP contribution in [0.25, 0.3) is 0 Å². The van der Waals surface area contributed by atoms with Gasteiger partial charge in [0, 0.05) is 30.9 Å². The second kappa shape index (κ2) is 10.1. The molecule has 5 nitrogen and oxygen atoms in total. The standard InChI is InChI=1S/C20H31BrFN3O2SSi/c1-20(2,3)28(26)23-12-15-13-25(14-27-9-10-29(4,5)6)24-19(15)17-11-16(22)7-8-18(17)21/h7-8,11-13,19,24H,9-10,14H2,1-6H3/b23-12+/t19?,28-/m0/s1. The van der Waals surface area contributed by atoms with Gasteiger partial charge in [-0.05, 0) is 50.6 Å². The van der Waals surface area contributed by atoms with Crippen molar-refractivity contribution in [1.29, 1.82) is 0 Å². The predicted molar refractivity (Wildman–Crippen MR) is 125 cm³/mol. The van der Waals surface area contributed by atoms with Crippen LogP contribution in [-0.4, -0.2) is 41.9 Å². The molecule has 1 aromatic carbocycles. The van der Waals surface area contributed by atoms with Crippen molar-refractivity contribution in [3.63, 3.8) is 0 Å². The molecule has 9 heteroatoms. The van der Waals surface area contributed by atoms with Crippen molar-refractivity contribution >= 4 is 41.6 Å². The third kappa shape index (κ3) is 7.80. The number of rotatable bonds is 8. The lowest BCUT2D eigenvalue weighted by molar-refractivity contribution is 0.0378. The Morgan fingerprint density at radius 2 is 2.07 bits per heavy atom. The highest BCUT2D eigenvalue weighted by Crippen LogP contribution is 2.32. The highest BCUT2D eigenvalue weighted by atomic mass is 79.9. The second-order valence-electron chi connectivity index (χ2n) is 9.27. The Bertz CT molecular complexity index is 765. The first-order valence-electron chi connectivity index (χ1n) is 9.60. The molecule has 0 saturated carbocycles. The Kier molecular flexibility index (Phi) is 8.52. The zero-order valence-corrected chi connectivity index (χ0v) is 21.4. The fourth-order valence-electron chi connectivity index (χ4n) is 2.51. The van der Waals surface area contributed by atoms with Crippen LogP contribution in [0.4, 0.5) is 4.39 Å². The molecule has 1 unspecified atom stereocenters. The molecule has 29 heavy (non-hydrogen) atoms. The van der Waals surface area contributed by atoms with Crippen molar-refractivity contribution in [2.75, 3.05) is 13.3 Å². The van der Waals surface area contributed by atoms with E-state index in [0.29, 0.717) is 13.3 Å². The first-order chi connectivity index (χ1) is 13.4. The van der Waals surface area contributed by atoms with E-state index in [1.165, 1.54) is 12.1 Å². The summed E-state index contributed by atoms with van der Waals surface area (Å²) in [4.78, 5) is 0. The molecule has 0 amide bonds. The third-order valence-corrected chi connectivity index (χ3v) is 8.02. The van der Waals surface area contributed by atoms with Crippen LogP contribution >= 0.6 is 15.9 Å². The molecule has 1 aliphatic rings. The van der Waals surface area contributed by atoms with Crippen molar-refractivity contribution in [3.05, 3.63) is 45.8 Å². The van der Waals surface area contributed by atoms with Crippen LogP contribution in [0.1, 0.15) is 32.4 Å². The Morgan fingerprint density at radius 1 is 1.38 bits per heavy atom. The molecule has 0 aromatic heterocycles. The van der Waals surface area contributed by atoms with E-state index >= 15 is 0 Å². The summed E-state index contributed by atoms with van der Waals surface area (Å²) in [5.41, 5.74) is 4.86. The van der Waals surface area contributed by atoms with Crippen LogP contribution in [0.5, 0.6) is 0 Å². The number of ether oxygens (including phenoxy) is 1. The van der Waals surface area contributed by atoms with Crippen molar-refractivity contribution in [3.8, 4) is 0 Å². The predicted octanol–water partition coefficient (Wildman–Crippen LogP) is 5.18. The zero-order valence-electron chi connectivity index (χ0n) is 18.0. The van der Waals surface area contributed by atoms with Gasteiger partial charge >= 0.3 is 0 Å². The van der Waals surface area contributed by atoms with E-state index < -0.39 is 24.2 Å². The quantitative estimate of drug-likeness (QED) is 0.230. The van der Waals surface area contributed by atoms with E-state index in [4.69, 9.17) is 4.74 Å². The minimum atomic E-state index is -1.37. The van der Waals surface area contributed by atoms with Crippen LogP contribution < -0.4 is 5.43 Å². The first-order valence-corrected chi connectivity index (χ1v) is 15.2. The number of hydrogen-bond donors (Lipinski definition) is 1. The number of hydrogen-bond acceptors (Lipinski definition) is 5. The molecule has 1 heterocycles. The molecule has 0 radical (unpaired) electrons. The van der Waals surface area contributed by atoms with Gasteiger partial charge in [0.25, 0.3) is 0 Å². The molecule has 1 aromatic rings. The van der Waals surface area contributed by atoms with Crippen LogP contribution in [0.15, 0.2) is 38.8 Å². The normalized spacial score (nSPS) is 19.1. The fraction of sp³-hybridized carbons (Fsp3) is 0.550. The average Bonchev–Trinajstić information content (AvgIpc) is 3.00. The Labute approximate surface area is 186 Å². The summed E-state index contributed by atoms with van der Waals surface area (Å²) in [5.74, 6) is -0.315. The summed E-state index contributed by atoms with van der Waals surface area (Å²) < 4.78 is 36.6. The largest absolute Gasteiger partial charge is 0.591 e. The Morgan fingerprint density at radius 3 is 2.69 bits per heavy atom. The van der Waals surface area contributed by atoms with E-state index in [0.717, 1.165) is 21.7 Å². The van der Waals surface area contributed by atoms with Crippen LogP contribution in [-0.2, 0) is 16.1 Å². The molecule has 2 atom stereocenters. The number of halogens is 2. The first kappa shape index (κ1) is 24.6. The number of nitrogens with zero attached hydrogens (tertiary/aromatic N) is 2. The molecule has 0 bridgehead atoms. The average molecular weight is 505 g/mol. The topological polar surface area (TPSA) is 59.9 Å². The second-order valence-corrected chi connectivity index (χ2v) is 17.7. The summed E-state index contributed by atoms with van der Waals surface area (Å²) in [7, 11) is -1.15. The summed E-state index contributed by atoms with van der Waals surface area (Å²) in [5, 5.41) is 1.83. The molecular weight excluding hydrogens is 473 g/mol. The van der Waals surface area contributed by atoms with Gasteiger partial charge in [0.15, 0.2) is 0 Å². The summed E-state index contributed by atoms with van der Waals surface area (Å²) in [6.07, 6.45) is 3.48. The molecule has 0 saturated heterocycles. The number of hydrazine groups is 1. The zero-order chi connectivity index (χ0) is 21.8. The van der Waals surface area contributed by atoms with E-state index in [9.17, 15) is 8.94 Å². The minimum Gasteiger partial charge on any atom is -0.591 e. The molecule has 1 N–H and O–H groups in total. The lowest BCUT2D eigenvalue weighted by atomic mass is 10.0. The molecular formula is C20H31BrFN3O2SSi. The van der Waals surface area contributed by atoms with E-state index in [1.807, 2.05) is 32.0 Å². The van der Waals surface area contributed by atoms with Gasteiger partial charge in [0.1, 0.15) is 28.7 Å². The number of benzene rings is 1. The summed E-state index contributed by atoms with van der Waals surface area (Å²) in [6, 6.07) is 5.34. The monoisotopic (exact) mass is 503 g/mol. The van der Waals surface area contributed by atoms with Crippen molar-refractivity contribution in [2.24, 2.45) is 4.40 Å². The van der Waals surface area contributed by atoms with Crippen molar-refractivity contribution < 1.29 is 13.7 Å². The Balaban J connectivity index is 2.17. The fourth-order valence-corrected chi connectivity index (χ4v) is 4.27. The molecule has 2 rings (SSSR count). The van der Waals surface area contributed by atoms with Gasteiger partial charge in [-0.3, -0.25) is 5.01 Å². The number of nitrogens with one attached hydrogen (secondary N) is 1. The van der Waals surface area contributed by atoms with Gasteiger partial charge in [0.05, 0.1) is 12.3 Å². The molecule has 0 spiro atoms. The van der Waals surface area contributed by atoms with Gasteiger partial charge < -0.3 is 9.29 Å². The van der Waals surface area contributed by atoms with Gasteiger partial charge in [-0.15, -0.1) is 0 Å². The maximum absolute atomic E-state index is 13.9. The lowest BCUT2D eigenvalue weighted by Crippen LogP contribution is -2.34. The van der Waals surface area contributed by atoms with Crippen LogP contribution in [0, 0.1) is 5.82 Å². The van der Waals surface area contributed by atoms with Gasteiger partial charge in [-0.25, -0.2) is 9.82 Å². The minimum absolute atomic E-state index is 0.315. The van der Waals surface area contributed by atoms with E-state index in [2.05, 4.69) is 45.4 Å². The summed E-state index contributed by atoms with van der Waals surface area (Å²) in [6.45, 7) is 13.6. The van der Waals surface area contributed by atoms with Crippen molar-refractivity contribution in [1.82, 2.24) is 10.4 Å². The molecule has 0 aliphatic carbocycles. The highest BCUT2D eigenvalue weighted by molar-refractivity contribution is 9.10. The van der Waals surface area contributed by atoms with Crippen molar-refractivity contribution in [2.45, 2.75) is 57.2 Å². The van der Waals surface area contributed by atoms with Crippen LogP contribution in [0.3, 0.4) is 0 Å². The van der Waals surface area contributed by atoms with Crippen LogP contribution in [0.2, 0.25) is 25.7 Å². The maximum Gasteiger partial charge on any atom is 0.144 e. The molecule has 162 valence electrons. The van der Waals surface area contributed by atoms with E-state index in [1.54, 1.807) is 12.3 Å². The van der Waals surface area contributed by atoms with Gasteiger partial charge in [0.2, 0.25) is 0 Å². The highest BCUT2D eigenvalue weighted by Gasteiger charge is 2.30. The van der Waals surface area contributed by atoms with E-state index in [-0.39, 0.29) is 11.9 Å². The van der Waals surface area contributed by atoms with Gasteiger partial charge in [-0.2, -0.15) is 0 Å². The molecule has 1 aliphatic heterocycles. The molecule has 0 fully saturated rings.